The van der Waals surface area contributed by atoms with Gasteiger partial charge in [0.25, 0.3) is 0 Å². The van der Waals surface area contributed by atoms with Crippen molar-refractivity contribution in [2.45, 2.75) is 25.6 Å². The van der Waals surface area contributed by atoms with E-state index in [1.165, 1.54) is 12.1 Å². The zero-order valence-corrected chi connectivity index (χ0v) is 11.5. The molecular weight excluding hydrogens is 268 g/mol. The summed E-state index contributed by atoms with van der Waals surface area (Å²) < 4.78 is 27.7. The molecule has 0 spiro atoms. The Labute approximate surface area is 116 Å². The molecule has 19 heavy (non-hydrogen) atoms. The van der Waals surface area contributed by atoms with Crippen LogP contribution in [0.2, 0.25) is 0 Å². The lowest BCUT2D eigenvalue weighted by Crippen LogP contribution is -2.06. The lowest BCUT2D eigenvalue weighted by atomic mass is 10.0. The van der Waals surface area contributed by atoms with Crippen molar-refractivity contribution in [3.05, 3.63) is 64.5 Å². The van der Waals surface area contributed by atoms with Gasteiger partial charge in [-0.1, -0.05) is 12.1 Å². The van der Waals surface area contributed by atoms with Crippen molar-refractivity contribution in [3.8, 4) is 0 Å². The molecule has 0 fully saturated rings. The monoisotopic (exact) mass is 281 g/mol. The van der Waals surface area contributed by atoms with Gasteiger partial charge in [0.05, 0.1) is 5.38 Å². The number of rotatable bonds is 3. The highest BCUT2D eigenvalue weighted by molar-refractivity contribution is 6.21. The van der Waals surface area contributed by atoms with Crippen molar-refractivity contribution in [2.75, 3.05) is 0 Å². The number of nitrogens with zero attached hydrogens (tertiary/aromatic N) is 1. The van der Waals surface area contributed by atoms with Gasteiger partial charge in [0.2, 0.25) is 0 Å². The van der Waals surface area contributed by atoms with Gasteiger partial charge in [-0.05, 0) is 37.1 Å². The average Bonchev–Trinajstić information content (AvgIpc) is 2.37. The van der Waals surface area contributed by atoms with Gasteiger partial charge in [-0.2, -0.15) is 0 Å². The fraction of sp³-hybridized carbons (Fsp3) is 0.267. The second kappa shape index (κ2) is 5.66. The van der Waals surface area contributed by atoms with Crippen LogP contribution >= 0.6 is 11.6 Å². The van der Waals surface area contributed by atoms with Gasteiger partial charge in [0, 0.05) is 23.9 Å². The van der Waals surface area contributed by atoms with E-state index in [2.05, 4.69) is 4.98 Å². The number of alkyl halides is 1. The third-order valence-corrected chi connectivity index (χ3v) is 3.50. The SMILES string of the molecule is Cc1cccnc1CC(Cl)c1c(F)ccc(C)c1F. The maximum Gasteiger partial charge on any atom is 0.133 e. The molecule has 4 heteroatoms. The standard InChI is InChI=1S/C15H14ClF2N/c1-9-4-3-7-19-13(9)8-11(16)14-12(17)6-5-10(2)15(14)18/h3-7,11H,8H2,1-2H3. The minimum absolute atomic E-state index is 0.0771. The van der Waals surface area contributed by atoms with Gasteiger partial charge in [-0.25, -0.2) is 8.78 Å². The van der Waals surface area contributed by atoms with Crippen LogP contribution in [0.5, 0.6) is 0 Å². The molecule has 0 bridgehead atoms. The van der Waals surface area contributed by atoms with Gasteiger partial charge < -0.3 is 0 Å². The Morgan fingerprint density at radius 1 is 1.16 bits per heavy atom. The molecule has 1 aromatic heterocycles. The Morgan fingerprint density at radius 3 is 2.58 bits per heavy atom. The fourth-order valence-corrected chi connectivity index (χ4v) is 2.32. The minimum atomic E-state index is -0.770. The van der Waals surface area contributed by atoms with Gasteiger partial charge in [0.1, 0.15) is 11.6 Å². The van der Waals surface area contributed by atoms with Crippen LogP contribution in [0.1, 0.15) is 27.8 Å². The average molecular weight is 282 g/mol. The van der Waals surface area contributed by atoms with Gasteiger partial charge >= 0.3 is 0 Å². The number of hydrogen-bond acceptors (Lipinski definition) is 1. The Hall–Kier alpha value is -1.48. The summed E-state index contributed by atoms with van der Waals surface area (Å²) in [6, 6.07) is 6.36. The van der Waals surface area contributed by atoms with Crippen LogP contribution in [0.4, 0.5) is 8.78 Å². The molecule has 1 atom stereocenters. The van der Waals surface area contributed by atoms with E-state index in [0.717, 1.165) is 11.3 Å². The largest absolute Gasteiger partial charge is 0.261 e. The van der Waals surface area contributed by atoms with Crippen LogP contribution in [0.25, 0.3) is 0 Å². The summed E-state index contributed by atoms with van der Waals surface area (Å²) in [6.07, 6.45) is 1.94. The highest BCUT2D eigenvalue weighted by atomic mass is 35.5. The van der Waals surface area contributed by atoms with Crippen LogP contribution < -0.4 is 0 Å². The third-order valence-electron chi connectivity index (χ3n) is 3.12. The lowest BCUT2D eigenvalue weighted by molar-refractivity contribution is 0.544. The third kappa shape index (κ3) is 2.92. The molecule has 100 valence electrons. The Kier molecular flexibility index (Phi) is 4.15. The first kappa shape index (κ1) is 13.9. The summed E-state index contributed by atoms with van der Waals surface area (Å²) in [5.74, 6) is -1.19. The molecule has 2 aromatic rings. The summed E-state index contributed by atoms with van der Waals surface area (Å²) in [6.45, 7) is 3.49. The predicted octanol–water partition coefficient (Wildman–Crippen LogP) is 4.50. The van der Waals surface area contributed by atoms with Crippen LogP contribution in [0.15, 0.2) is 30.5 Å². The molecule has 0 aliphatic heterocycles. The van der Waals surface area contributed by atoms with E-state index in [1.807, 2.05) is 19.1 Å². The maximum absolute atomic E-state index is 14.0. The lowest BCUT2D eigenvalue weighted by Gasteiger charge is -2.14. The zero-order chi connectivity index (χ0) is 14.0. The van der Waals surface area contributed by atoms with E-state index in [1.54, 1.807) is 13.1 Å². The van der Waals surface area contributed by atoms with Gasteiger partial charge in [-0.15, -0.1) is 11.6 Å². The number of hydrogen-bond donors (Lipinski definition) is 0. The van der Waals surface area contributed by atoms with Crippen LogP contribution in [-0.4, -0.2) is 4.98 Å². The summed E-state index contributed by atoms with van der Waals surface area (Å²) in [4.78, 5) is 4.20. The van der Waals surface area contributed by atoms with Gasteiger partial charge in [-0.3, -0.25) is 4.98 Å². The number of halogens is 3. The summed E-state index contributed by atoms with van der Waals surface area (Å²) in [7, 11) is 0. The second-order valence-corrected chi connectivity index (χ2v) is 5.06. The summed E-state index contributed by atoms with van der Waals surface area (Å²) in [5.41, 5.74) is 2.02. The number of aromatic nitrogens is 1. The van der Waals surface area contributed by atoms with Crippen molar-refractivity contribution in [1.82, 2.24) is 4.98 Å². The molecule has 1 heterocycles. The Bertz CT molecular complexity index is 599. The van der Waals surface area contributed by atoms with Crippen molar-refractivity contribution in [1.29, 1.82) is 0 Å². The first-order valence-electron chi connectivity index (χ1n) is 5.99. The molecule has 0 saturated carbocycles. The molecule has 0 radical (unpaired) electrons. The molecule has 0 amide bonds. The molecule has 1 unspecified atom stereocenters. The van der Waals surface area contributed by atoms with Crippen LogP contribution in [0, 0.1) is 25.5 Å². The maximum atomic E-state index is 14.0. The normalized spacial score (nSPS) is 12.5. The first-order valence-corrected chi connectivity index (χ1v) is 6.43. The van der Waals surface area contributed by atoms with Gasteiger partial charge in [0.15, 0.2) is 0 Å². The zero-order valence-electron chi connectivity index (χ0n) is 10.8. The van der Waals surface area contributed by atoms with E-state index in [9.17, 15) is 8.78 Å². The molecule has 0 saturated heterocycles. The van der Waals surface area contributed by atoms with Crippen molar-refractivity contribution < 1.29 is 8.78 Å². The second-order valence-electron chi connectivity index (χ2n) is 4.53. The summed E-state index contributed by atoms with van der Waals surface area (Å²) >= 11 is 6.18. The predicted molar refractivity (Wildman–Crippen MR) is 72.4 cm³/mol. The number of benzene rings is 1. The number of aryl methyl sites for hydroxylation is 2. The quantitative estimate of drug-likeness (QED) is 0.755. The Balaban J connectivity index is 2.33. The van der Waals surface area contributed by atoms with E-state index < -0.39 is 17.0 Å². The molecular formula is C15H14ClF2N. The smallest absolute Gasteiger partial charge is 0.133 e. The highest BCUT2D eigenvalue weighted by Crippen LogP contribution is 2.31. The van der Waals surface area contributed by atoms with E-state index in [-0.39, 0.29) is 5.56 Å². The minimum Gasteiger partial charge on any atom is -0.261 e. The van der Waals surface area contributed by atoms with Crippen molar-refractivity contribution in [3.63, 3.8) is 0 Å². The van der Waals surface area contributed by atoms with Crippen molar-refractivity contribution >= 4 is 11.6 Å². The van der Waals surface area contributed by atoms with E-state index in [0.29, 0.717) is 12.0 Å². The topological polar surface area (TPSA) is 12.9 Å². The molecule has 0 aliphatic rings. The fourth-order valence-electron chi connectivity index (χ4n) is 1.97. The highest BCUT2D eigenvalue weighted by Gasteiger charge is 2.21. The number of pyridine rings is 1. The molecule has 1 aromatic carbocycles. The van der Waals surface area contributed by atoms with E-state index in [4.69, 9.17) is 11.6 Å². The van der Waals surface area contributed by atoms with Crippen LogP contribution in [0.3, 0.4) is 0 Å². The van der Waals surface area contributed by atoms with Crippen LogP contribution in [-0.2, 0) is 6.42 Å². The van der Waals surface area contributed by atoms with E-state index >= 15 is 0 Å². The summed E-state index contributed by atoms with van der Waals surface area (Å²) in [5, 5.41) is -0.770. The van der Waals surface area contributed by atoms with Crippen molar-refractivity contribution in [2.24, 2.45) is 0 Å². The first-order chi connectivity index (χ1) is 9.00. The molecule has 1 nitrogen and oxygen atoms in total. The molecule has 0 N–H and O–H groups in total. The Morgan fingerprint density at radius 2 is 1.89 bits per heavy atom. The molecule has 0 aliphatic carbocycles. The molecule has 2 rings (SSSR count).